The number of aliphatic hydroxyl groups excluding tert-OH is 1. The second-order valence-electron chi connectivity index (χ2n) is 4.00. The Balaban J connectivity index is 2.30. The number of aromatic nitrogens is 2. The highest BCUT2D eigenvalue weighted by Gasteiger charge is 2.19. The number of aliphatic hydroxyl groups is 1. The van der Waals surface area contributed by atoms with Crippen molar-refractivity contribution in [2.75, 3.05) is 4.72 Å². The van der Waals surface area contributed by atoms with Crippen LogP contribution in [0.15, 0.2) is 22.5 Å². The van der Waals surface area contributed by atoms with Crippen molar-refractivity contribution in [2.45, 2.75) is 24.2 Å². The molecule has 2 N–H and O–H groups in total. The molecule has 19 heavy (non-hydrogen) atoms. The summed E-state index contributed by atoms with van der Waals surface area (Å²) in [7, 11) is -1.88. The zero-order chi connectivity index (χ0) is 14.0. The molecule has 0 aliphatic carbocycles. The van der Waals surface area contributed by atoms with Gasteiger partial charge in [0.1, 0.15) is 4.21 Å². The van der Waals surface area contributed by atoms with Gasteiger partial charge < -0.3 is 5.11 Å². The molecule has 2 aromatic heterocycles. The summed E-state index contributed by atoms with van der Waals surface area (Å²) in [5.41, 5.74) is 1.19. The summed E-state index contributed by atoms with van der Waals surface area (Å²) in [5, 5.41) is 13.2. The summed E-state index contributed by atoms with van der Waals surface area (Å²) < 4.78 is 28.7. The predicted molar refractivity (Wildman–Crippen MR) is 73.6 cm³/mol. The van der Waals surface area contributed by atoms with E-state index in [1.807, 2.05) is 6.92 Å². The molecule has 0 atom stereocenters. The Bertz CT molecular complexity index is 673. The zero-order valence-electron chi connectivity index (χ0n) is 10.6. The molecule has 6 nitrogen and oxygen atoms in total. The van der Waals surface area contributed by atoms with Gasteiger partial charge >= 0.3 is 0 Å². The van der Waals surface area contributed by atoms with Crippen molar-refractivity contribution in [1.29, 1.82) is 0 Å². The SMILES string of the molecule is CCc1nn(C)cc1NS(=O)(=O)c1ccc(CO)s1. The number of nitrogens with one attached hydrogen (secondary N) is 1. The minimum atomic E-state index is -3.62. The normalized spacial score (nSPS) is 11.7. The minimum absolute atomic E-state index is 0.159. The predicted octanol–water partition coefficient (Wildman–Crippen LogP) is 1.34. The van der Waals surface area contributed by atoms with Gasteiger partial charge in [0.2, 0.25) is 0 Å². The van der Waals surface area contributed by atoms with Crippen molar-refractivity contribution in [3.8, 4) is 0 Å². The fourth-order valence-corrected chi connectivity index (χ4v) is 3.95. The maximum absolute atomic E-state index is 12.2. The molecule has 0 fully saturated rings. The Hall–Kier alpha value is -1.38. The highest BCUT2D eigenvalue weighted by molar-refractivity contribution is 7.94. The highest BCUT2D eigenvalue weighted by atomic mass is 32.2. The first-order valence-corrected chi connectivity index (χ1v) is 8.01. The number of thiophene rings is 1. The molecular formula is C11H15N3O3S2. The van der Waals surface area contributed by atoms with Gasteiger partial charge in [0.25, 0.3) is 10.0 Å². The molecule has 0 radical (unpaired) electrons. The van der Waals surface area contributed by atoms with Crippen LogP contribution in [0.5, 0.6) is 0 Å². The van der Waals surface area contributed by atoms with E-state index in [1.54, 1.807) is 24.0 Å². The van der Waals surface area contributed by atoms with E-state index in [1.165, 1.54) is 6.07 Å². The quantitative estimate of drug-likeness (QED) is 0.873. The summed E-state index contributed by atoms with van der Waals surface area (Å²) in [6, 6.07) is 3.09. The maximum atomic E-state index is 12.2. The van der Waals surface area contributed by atoms with Crippen LogP contribution in [0.4, 0.5) is 5.69 Å². The second-order valence-corrected chi connectivity index (χ2v) is 7.08. The smallest absolute Gasteiger partial charge is 0.271 e. The Morgan fingerprint density at radius 3 is 2.79 bits per heavy atom. The van der Waals surface area contributed by atoms with Crippen LogP contribution >= 0.6 is 11.3 Å². The van der Waals surface area contributed by atoms with Crippen LogP contribution in [0.25, 0.3) is 0 Å². The standard InChI is InChI=1S/C11H15N3O3S2/c1-3-9-10(6-14(2)12-9)13-19(16,17)11-5-4-8(7-15)18-11/h4-6,13,15H,3,7H2,1-2H3. The minimum Gasteiger partial charge on any atom is -0.391 e. The Morgan fingerprint density at radius 1 is 1.47 bits per heavy atom. The fourth-order valence-electron chi connectivity index (χ4n) is 1.66. The van der Waals surface area contributed by atoms with Crippen LogP contribution in [0.2, 0.25) is 0 Å². The van der Waals surface area contributed by atoms with Crippen LogP contribution in [0.3, 0.4) is 0 Å². The van der Waals surface area contributed by atoms with E-state index >= 15 is 0 Å². The van der Waals surface area contributed by atoms with Gasteiger partial charge in [0.15, 0.2) is 0 Å². The third-order valence-corrected chi connectivity index (χ3v) is 5.47. The van der Waals surface area contributed by atoms with Gasteiger partial charge in [0.05, 0.1) is 18.0 Å². The van der Waals surface area contributed by atoms with E-state index in [9.17, 15) is 8.42 Å². The topological polar surface area (TPSA) is 84.2 Å². The number of nitrogens with zero attached hydrogens (tertiary/aromatic N) is 2. The van der Waals surface area contributed by atoms with E-state index in [-0.39, 0.29) is 10.8 Å². The molecule has 2 heterocycles. The summed E-state index contributed by atoms with van der Waals surface area (Å²) in [6.45, 7) is 1.75. The van der Waals surface area contributed by atoms with Crippen LogP contribution in [-0.4, -0.2) is 23.3 Å². The van der Waals surface area contributed by atoms with Crippen molar-refractivity contribution in [3.05, 3.63) is 28.9 Å². The second kappa shape index (κ2) is 5.32. The maximum Gasteiger partial charge on any atom is 0.271 e. The molecule has 0 aliphatic rings. The molecule has 0 aromatic carbocycles. The average Bonchev–Trinajstić information content (AvgIpc) is 2.95. The summed E-state index contributed by atoms with van der Waals surface area (Å²) in [6.07, 6.45) is 2.28. The lowest BCUT2D eigenvalue weighted by Crippen LogP contribution is -2.12. The third kappa shape index (κ3) is 2.96. The van der Waals surface area contributed by atoms with Crippen molar-refractivity contribution >= 4 is 27.0 Å². The van der Waals surface area contributed by atoms with Gasteiger partial charge in [-0.15, -0.1) is 11.3 Å². The lowest BCUT2D eigenvalue weighted by Gasteiger charge is -2.04. The van der Waals surface area contributed by atoms with Gasteiger partial charge in [0, 0.05) is 18.1 Å². The molecule has 0 unspecified atom stereocenters. The van der Waals surface area contributed by atoms with Crippen LogP contribution < -0.4 is 4.72 Å². The molecule has 0 spiro atoms. The molecule has 2 rings (SSSR count). The Morgan fingerprint density at radius 2 is 2.21 bits per heavy atom. The summed E-state index contributed by atoms with van der Waals surface area (Å²) in [4.78, 5) is 0.613. The number of rotatable bonds is 5. The van der Waals surface area contributed by atoms with Crippen molar-refractivity contribution in [1.82, 2.24) is 9.78 Å². The number of aryl methyl sites for hydroxylation is 2. The summed E-state index contributed by atoms with van der Waals surface area (Å²) >= 11 is 1.05. The third-order valence-electron chi connectivity index (χ3n) is 2.54. The lowest BCUT2D eigenvalue weighted by molar-refractivity contribution is 0.285. The van der Waals surface area contributed by atoms with E-state index in [2.05, 4.69) is 9.82 Å². The fraction of sp³-hybridized carbons (Fsp3) is 0.364. The molecule has 2 aromatic rings. The molecule has 0 saturated carbocycles. The van der Waals surface area contributed by atoms with Crippen molar-refractivity contribution in [3.63, 3.8) is 0 Å². The number of anilines is 1. The molecule has 104 valence electrons. The van der Waals surface area contributed by atoms with Gasteiger partial charge in [-0.05, 0) is 18.6 Å². The van der Waals surface area contributed by atoms with E-state index in [4.69, 9.17) is 5.11 Å². The molecule has 0 aliphatic heterocycles. The average molecular weight is 301 g/mol. The van der Waals surface area contributed by atoms with Crippen molar-refractivity contribution < 1.29 is 13.5 Å². The Labute approximate surface area is 115 Å². The van der Waals surface area contributed by atoms with E-state index in [0.29, 0.717) is 22.7 Å². The number of hydrogen-bond acceptors (Lipinski definition) is 5. The Kier molecular flexibility index (Phi) is 3.93. The number of sulfonamides is 1. The largest absolute Gasteiger partial charge is 0.391 e. The zero-order valence-corrected chi connectivity index (χ0v) is 12.3. The number of hydrogen-bond donors (Lipinski definition) is 2. The summed E-state index contributed by atoms with van der Waals surface area (Å²) in [5.74, 6) is 0. The van der Waals surface area contributed by atoms with Crippen LogP contribution in [0, 0.1) is 0 Å². The first kappa shape index (κ1) is 14.0. The monoisotopic (exact) mass is 301 g/mol. The molecule has 0 amide bonds. The first-order chi connectivity index (χ1) is 8.96. The highest BCUT2D eigenvalue weighted by Crippen LogP contribution is 2.25. The molecule has 0 saturated heterocycles. The van der Waals surface area contributed by atoms with Gasteiger partial charge in [-0.2, -0.15) is 5.10 Å². The molecular weight excluding hydrogens is 286 g/mol. The van der Waals surface area contributed by atoms with Gasteiger partial charge in [-0.25, -0.2) is 8.42 Å². The van der Waals surface area contributed by atoms with Gasteiger partial charge in [-0.3, -0.25) is 9.40 Å². The first-order valence-electron chi connectivity index (χ1n) is 5.71. The molecule has 8 heteroatoms. The van der Waals surface area contributed by atoms with Gasteiger partial charge in [-0.1, -0.05) is 6.92 Å². The van der Waals surface area contributed by atoms with Crippen LogP contribution in [0.1, 0.15) is 17.5 Å². The van der Waals surface area contributed by atoms with Crippen molar-refractivity contribution in [2.24, 2.45) is 7.05 Å². The lowest BCUT2D eigenvalue weighted by atomic mass is 10.3. The van der Waals surface area contributed by atoms with Crippen LogP contribution in [-0.2, 0) is 30.1 Å². The molecule has 0 bridgehead atoms. The van der Waals surface area contributed by atoms with E-state index in [0.717, 1.165) is 11.3 Å². The van der Waals surface area contributed by atoms with E-state index < -0.39 is 10.0 Å².